The van der Waals surface area contributed by atoms with Gasteiger partial charge in [-0.3, -0.25) is 4.79 Å². The fourth-order valence-electron chi connectivity index (χ4n) is 1.48. The van der Waals surface area contributed by atoms with Gasteiger partial charge in [0.15, 0.2) is 0 Å². The second kappa shape index (κ2) is 7.75. The Morgan fingerprint density at radius 1 is 1.28 bits per heavy atom. The Balaban J connectivity index is 2.13. The first-order valence-corrected chi connectivity index (χ1v) is 6.54. The first-order chi connectivity index (χ1) is 8.58. The topological polar surface area (TPSA) is 38.3 Å². The number of hydrogen-bond acceptors (Lipinski definition) is 2. The number of ether oxygens (including phenoxy) is 1. The third kappa shape index (κ3) is 6.28. The first-order valence-electron chi connectivity index (χ1n) is 6.54. The summed E-state index contributed by atoms with van der Waals surface area (Å²) < 4.78 is 5.50. The first kappa shape index (κ1) is 14.6. The van der Waals surface area contributed by atoms with Gasteiger partial charge in [0.05, 0.1) is 13.0 Å². The van der Waals surface area contributed by atoms with Gasteiger partial charge in [-0.25, -0.2) is 0 Å². The smallest absolute Gasteiger partial charge is 0.223 e. The van der Waals surface area contributed by atoms with Crippen molar-refractivity contribution in [2.45, 2.75) is 33.6 Å². The van der Waals surface area contributed by atoms with Crippen LogP contribution in [0.1, 0.15) is 32.3 Å². The van der Waals surface area contributed by atoms with Crippen LogP contribution >= 0.6 is 0 Å². The summed E-state index contributed by atoms with van der Waals surface area (Å²) in [5.74, 6) is 1.49. The highest BCUT2D eigenvalue weighted by atomic mass is 16.5. The number of nitrogens with one attached hydrogen (secondary N) is 1. The Morgan fingerprint density at radius 3 is 2.56 bits per heavy atom. The van der Waals surface area contributed by atoms with Crippen molar-refractivity contribution in [3.8, 4) is 5.75 Å². The van der Waals surface area contributed by atoms with Crippen LogP contribution in [-0.4, -0.2) is 19.1 Å². The van der Waals surface area contributed by atoms with Gasteiger partial charge in [0.25, 0.3) is 0 Å². The van der Waals surface area contributed by atoms with Crippen molar-refractivity contribution in [2.75, 3.05) is 13.2 Å². The summed E-state index contributed by atoms with van der Waals surface area (Å²) in [5, 5.41) is 2.89. The number of hydrogen-bond donors (Lipinski definition) is 1. The summed E-state index contributed by atoms with van der Waals surface area (Å²) in [6.45, 7) is 7.50. The van der Waals surface area contributed by atoms with E-state index in [0.717, 1.165) is 18.7 Å². The van der Waals surface area contributed by atoms with Crippen LogP contribution in [0.15, 0.2) is 24.3 Å². The van der Waals surface area contributed by atoms with Crippen LogP contribution in [0, 0.1) is 12.8 Å². The standard InChI is InChI=1S/C15H23NO2/c1-12(2)8-10-16-15(17)9-11-18-14-6-4-13(3)5-7-14/h4-7,12H,8-11H2,1-3H3,(H,16,17). The molecule has 18 heavy (non-hydrogen) atoms. The van der Waals surface area contributed by atoms with Crippen molar-refractivity contribution in [3.05, 3.63) is 29.8 Å². The second-order valence-electron chi connectivity index (χ2n) is 4.94. The molecule has 0 saturated heterocycles. The molecule has 0 aliphatic carbocycles. The zero-order valence-electron chi connectivity index (χ0n) is 11.5. The lowest BCUT2D eigenvalue weighted by atomic mass is 10.1. The van der Waals surface area contributed by atoms with E-state index < -0.39 is 0 Å². The van der Waals surface area contributed by atoms with Crippen LogP contribution in [0.2, 0.25) is 0 Å². The van der Waals surface area contributed by atoms with Crippen LogP contribution in [0.25, 0.3) is 0 Å². The molecule has 1 amide bonds. The van der Waals surface area contributed by atoms with Crippen LogP contribution in [0.4, 0.5) is 0 Å². The lowest BCUT2D eigenvalue weighted by Gasteiger charge is -2.08. The van der Waals surface area contributed by atoms with E-state index >= 15 is 0 Å². The van der Waals surface area contributed by atoms with E-state index in [0.29, 0.717) is 18.9 Å². The molecule has 0 aliphatic rings. The molecule has 100 valence electrons. The van der Waals surface area contributed by atoms with E-state index in [9.17, 15) is 4.79 Å². The molecule has 1 aromatic carbocycles. The average molecular weight is 249 g/mol. The fourth-order valence-corrected chi connectivity index (χ4v) is 1.48. The maximum Gasteiger partial charge on any atom is 0.223 e. The third-order valence-electron chi connectivity index (χ3n) is 2.66. The Morgan fingerprint density at radius 2 is 1.94 bits per heavy atom. The molecule has 3 heteroatoms. The zero-order valence-corrected chi connectivity index (χ0v) is 11.5. The molecule has 1 rings (SSSR count). The lowest BCUT2D eigenvalue weighted by Crippen LogP contribution is -2.26. The number of carbonyl (C=O) groups excluding carboxylic acids is 1. The van der Waals surface area contributed by atoms with E-state index in [1.54, 1.807) is 0 Å². The highest BCUT2D eigenvalue weighted by Gasteiger charge is 2.02. The van der Waals surface area contributed by atoms with Gasteiger partial charge in [0, 0.05) is 6.54 Å². The Labute approximate surface area is 110 Å². The molecule has 3 nitrogen and oxygen atoms in total. The van der Waals surface area contributed by atoms with E-state index in [2.05, 4.69) is 19.2 Å². The fraction of sp³-hybridized carbons (Fsp3) is 0.533. The molecule has 0 spiro atoms. The zero-order chi connectivity index (χ0) is 13.4. The molecule has 0 aromatic heterocycles. The van der Waals surface area contributed by atoms with Gasteiger partial charge in [-0.15, -0.1) is 0 Å². The molecule has 0 radical (unpaired) electrons. The monoisotopic (exact) mass is 249 g/mol. The van der Waals surface area contributed by atoms with E-state index in [4.69, 9.17) is 4.74 Å². The maximum atomic E-state index is 11.5. The van der Waals surface area contributed by atoms with Gasteiger partial charge in [0.2, 0.25) is 5.91 Å². The van der Waals surface area contributed by atoms with Crippen LogP contribution in [0.5, 0.6) is 5.75 Å². The van der Waals surface area contributed by atoms with Gasteiger partial charge < -0.3 is 10.1 Å². The molecule has 1 aromatic rings. The third-order valence-corrected chi connectivity index (χ3v) is 2.66. The summed E-state index contributed by atoms with van der Waals surface area (Å²) in [7, 11) is 0. The van der Waals surface area contributed by atoms with Crippen molar-refractivity contribution < 1.29 is 9.53 Å². The van der Waals surface area contributed by atoms with Crippen molar-refractivity contribution in [3.63, 3.8) is 0 Å². The van der Waals surface area contributed by atoms with Gasteiger partial charge in [0.1, 0.15) is 5.75 Å². The van der Waals surface area contributed by atoms with Crippen molar-refractivity contribution in [1.82, 2.24) is 5.32 Å². The predicted octanol–water partition coefficient (Wildman–Crippen LogP) is 2.93. The van der Waals surface area contributed by atoms with Crippen LogP contribution in [-0.2, 0) is 4.79 Å². The maximum absolute atomic E-state index is 11.5. The highest BCUT2D eigenvalue weighted by molar-refractivity contribution is 5.75. The molecule has 1 N–H and O–H groups in total. The normalized spacial score (nSPS) is 10.4. The van der Waals surface area contributed by atoms with Crippen molar-refractivity contribution in [2.24, 2.45) is 5.92 Å². The minimum atomic E-state index is 0.0581. The van der Waals surface area contributed by atoms with Crippen LogP contribution < -0.4 is 10.1 Å². The van der Waals surface area contributed by atoms with Gasteiger partial charge in [-0.1, -0.05) is 31.5 Å². The second-order valence-corrected chi connectivity index (χ2v) is 4.94. The Hall–Kier alpha value is -1.51. The van der Waals surface area contributed by atoms with Gasteiger partial charge in [-0.2, -0.15) is 0 Å². The summed E-state index contributed by atoms with van der Waals surface area (Å²) in [4.78, 5) is 11.5. The van der Waals surface area contributed by atoms with E-state index in [-0.39, 0.29) is 5.91 Å². The van der Waals surface area contributed by atoms with Crippen LogP contribution in [0.3, 0.4) is 0 Å². The summed E-state index contributed by atoms with van der Waals surface area (Å²) in [6, 6.07) is 7.84. The number of benzene rings is 1. The minimum Gasteiger partial charge on any atom is -0.493 e. The minimum absolute atomic E-state index is 0.0581. The molecule has 0 heterocycles. The lowest BCUT2D eigenvalue weighted by molar-refractivity contribution is -0.121. The summed E-state index contributed by atoms with van der Waals surface area (Å²) in [5.41, 5.74) is 1.20. The molecule has 0 aliphatic heterocycles. The average Bonchev–Trinajstić information content (AvgIpc) is 2.31. The largest absolute Gasteiger partial charge is 0.493 e. The number of rotatable bonds is 7. The molecular weight excluding hydrogens is 226 g/mol. The molecule has 0 atom stereocenters. The number of aryl methyl sites for hydroxylation is 1. The summed E-state index contributed by atoms with van der Waals surface area (Å²) >= 11 is 0. The quantitative estimate of drug-likeness (QED) is 0.807. The van der Waals surface area contributed by atoms with Gasteiger partial charge in [-0.05, 0) is 31.4 Å². The van der Waals surface area contributed by atoms with E-state index in [1.165, 1.54) is 5.56 Å². The molecule has 0 fully saturated rings. The predicted molar refractivity (Wildman–Crippen MR) is 73.8 cm³/mol. The summed E-state index contributed by atoms with van der Waals surface area (Å²) in [6.07, 6.45) is 1.43. The molecule has 0 saturated carbocycles. The molecule has 0 unspecified atom stereocenters. The molecule has 0 bridgehead atoms. The van der Waals surface area contributed by atoms with Gasteiger partial charge >= 0.3 is 0 Å². The number of amides is 1. The van der Waals surface area contributed by atoms with Crippen molar-refractivity contribution in [1.29, 1.82) is 0 Å². The SMILES string of the molecule is Cc1ccc(OCCC(=O)NCCC(C)C)cc1. The Kier molecular flexibility index (Phi) is 6.26. The van der Waals surface area contributed by atoms with E-state index in [1.807, 2.05) is 31.2 Å². The molecular formula is C15H23NO2. The number of carbonyl (C=O) groups is 1. The Bertz CT molecular complexity index is 357. The highest BCUT2D eigenvalue weighted by Crippen LogP contribution is 2.11. The van der Waals surface area contributed by atoms with Crippen molar-refractivity contribution >= 4 is 5.91 Å².